The Kier molecular flexibility index (Phi) is 6.65. The second-order valence-corrected chi connectivity index (χ2v) is 7.77. The van der Waals surface area contributed by atoms with Crippen molar-refractivity contribution in [1.82, 2.24) is 15.2 Å². The molecule has 1 N–H and O–H groups in total. The van der Waals surface area contributed by atoms with Gasteiger partial charge in [-0.05, 0) is 45.6 Å². The van der Waals surface area contributed by atoms with Gasteiger partial charge in [0.15, 0.2) is 0 Å². The van der Waals surface area contributed by atoms with Crippen molar-refractivity contribution in [3.63, 3.8) is 0 Å². The first kappa shape index (κ1) is 16.9. The number of aromatic nitrogens is 1. The lowest BCUT2D eigenvalue weighted by Gasteiger charge is -2.30. The highest BCUT2D eigenvalue weighted by atomic mass is 32.1. The van der Waals surface area contributed by atoms with Crippen LogP contribution in [0.2, 0.25) is 0 Å². The SMILES string of the molecule is CCC(C)NCc1sc(CCN2CCCC(C)C2)nc1C. The minimum absolute atomic E-state index is 0.588. The number of nitrogens with zero attached hydrogens (tertiary/aromatic N) is 2. The molecular weight excluding hydrogens is 278 g/mol. The molecule has 0 saturated carbocycles. The Balaban J connectivity index is 1.81. The molecule has 2 atom stereocenters. The topological polar surface area (TPSA) is 28.2 Å². The van der Waals surface area contributed by atoms with Crippen molar-refractivity contribution < 1.29 is 0 Å². The predicted octanol–water partition coefficient (Wildman–Crippen LogP) is 3.61. The van der Waals surface area contributed by atoms with E-state index in [1.807, 2.05) is 11.3 Å². The molecule has 2 unspecified atom stereocenters. The average molecular weight is 310 g/mol. The third-order valence-electron chi connectivity index (χ3n) is 4.54. The Morgan fingerprint density at radius 2 is 2.29 bits per heavy atom. The van der Waals surface area contributed by atoms with E-state index in [0.29, 0.717) is 6.04 Å². The van der Waals surface area contributed by atoms with E-state index in [-0.39, 0.29) is 0 Å². The predicted molar refractivity (Wildman–Crippen MR) is 92.0 cm³/mol. The molecule has 0 aromatic carbocycles. The van der Waals surface area contributed by atoms with Crippen LogP contribution in [0, 0.1) is 12.8 Å². The number of rotatable bonds is 7. The van der Waals surface area contributed by atoms with Crippen LogP contribution in [0.4, 0.5) is 0 Å². The molecule has 0 radical (unpaired) electrons. The molecule has 21 heavy (non-hydrogen) atoms. The largest absolute Gasteiger partial charge is 0.309 e. The van der Waals surface area contributed by atoms with E-state index in [2.05, 4.69) is 37.9 Å². The van der Waals surface area contributed by atoms with Crippen LogP contribution in [-0.2, 0) is 13.0 Å². The number of aryl methyl sites for hydroxylation is 1. The van der Waals surface area contributed by atoms with Crippen molar-refractivity contribution in [2.24, 2.45) is 5.92 Å². The van der Waals surface area contributed by atoms with Gasteiger partial charge in [0.1, 0.15) is 0 Å². The Bertz CT molecular complexity index is 430. The van der Waals surface area contributed by atoms with E-state index in [1.165, 1.54) is 54.5 Å². The van der Waals surface area contributed by atoms with Crippen LogP contribution in [0.1, 0.15) is 55.6 Å². The van der Waals surface area contributed by atoms with Gasteiger partial charge in [-0.2, -0.15) is 0 Å². The average Bonchev–Trinajstić information content (AvgIpc) is 2.83. The maximum absolute atomic E-state index is 4.77. The van der Waals surface area contributed by atoms with Crippen LogP contribution >= 0.6 is 11.3 Å². The van der Waals surface area contributed by atoms with E-state index in [9.17, 15) is 0 Å². The van der Waals surface area contributed by atoms with Crippen molar-refractivity contribution in [2.75, 3.05) is 19.6 Å². The number of hydrogen-bond acceptors (Lipinski definition) is 4. The lowest BCUT2D eigenvalue weighted by atomic mass is 10.0. The van der Waals surface area contributed by atoms with Crippen molar-refractivity contribution >= 4 is 11.3 Å². The summed E-state index contributed by atoms with van der Waals surface area (Å²) in [5, 5.41) is 4.89. The van der Waals surface area contributed by atoms with Crippen molar-refractivity contribution in [1.29, 1.82) is 0 Å². The zero-order chi connectivity index (χ0) is 15.2. The van der Waals surface area contributed by atoms with Gasteiger partial charge in [0.05, 0.1) is 10.7 Å². The Morgan fingerprint density at radius 1 is 1.48 bits per heavy atom. The monoisotopic (exact) mass is 309 g/mol. The van der Waals surface area contributed by atoms with Gasteiger partial charge in [-0.3, -0.25) is 0 Å². The first-order chi connectivity index (χ1) is 10.1. The molecule has 0 spiro atoms. The molecule has 0 bridgehead atoms. The molecule has 1 fully saturated rings. The van der Waals surface area contributed by atoms with Gasteiger partial charge in [0.2, 0.25) is 0 Å². The molecule has 2 rings (SSSR count). The van der Waals surface area contributed by atoms with E-state index < -0.39 is 0 Å². The normalized spacial score (nSPS) is 21.6. The highest BCUT2D eigenvalue weighted by molar-refractivity contribution is 7.11. The molecule has 1 saturated heterocycles. The molecule has 2 heterocycles. The number of hydrogen-bond donors (Lipinski definition) is 1. The third-order valence-corrected chi connectivity index (χ3v) is 5.76. The molecule has 0 aliphatic carbocycles. The fourth-order valence-corrected chi connectivity index (χ4v) is 3.92. The summed E-state index contributed by atoms with van der Waals surface area (Å²) >= 11 is 1.90. The fourth-order valence-electron chi connectivity index (χ4n) is 2.91. The van der Waals surface area contributed by atoms with E-state index in [1.54, 1.807) is 0 Å². The summed E-state index contributed by atoms with van der Waals surface area (Å²) in [7, 11) is 0. The molecule has 1 aromatic heterocycles. The number of likely N-dealkylation sites (tertiary alicyclic amines) is 1. The zero-order valence-corrected chi connectivity index (χ0v) is 14.9. The van der Waals surface area contributed by atoms with Crippen LogP contribution in [0.15, 0.2) is 0 Å². The van der Waals surface area contributed by atoms with Gasteiger partial charge in [-0.15, -0.1) is 11.3 Å². The summed E-state index contributed by atoms with van der Waals surface area (Å²) in [5.41, 5.74) is 1.22. The quantitative estimate of drug-likeness (QED) is 0.834. The second-order valence-electron chi connectivity index (χ2n) is 6.60. The van der Waals surface area contributed by atoms with Crippen LogP contribution in [0.3, 0.4) is 0 Å². The van der Waals surface area contributed by atoms with E-state index in [0.717, 1.165) is 18.9 Å². The molecular formula is C17H31N3S. The second kappa shape index (κ2) is 8.25. The summed E-state index contributed by atoms with van der Waals surface area (Å²) in [6, 6.07) is 0.588. The van der Waals surface area contributed by atoms with Gasteiger partial charge in [0, 0.05) is 37.0 Å². The van der Waals surface area contributed by atoms with Crippen LogP contribution in [-0.4, -0.2) is 35.6 Å². The molecule has 1 aliphatic heterocycles. The van der Waals surface area contributed by atoms with Crippen LogP contribution in [0.25, 0.3) is 0 Å². The van der Waals surface area contributed by atoms with Crippen LogP contribution in [0.5, 0.6) is 0 Å². The third kappa shape index (κ3) is 5.35. The molecule has 0 amide bonds. The lowest BCUT2D eigenvalue weighted by molar-refractivity contribution is 0.186. The molecule has 3 nitrogen and oxygen atoms in total. The minimum atomic E-state index is 0.588. The Hall–Kier alpha value is -0.450. The van der Waals surface area contributed by atoms with Gasteiger partial charge >= 0.3 is 0 Å². The Labute approximate surface area is 134 Å². The smallest absolute Gasteiger partial charge is 0.0944 e. The first-order valence-electron chi connectivity index (χ1n) is 8.49. The number of piperidine rings is 1. The fraction of sp³-hybridized carbons (Fsp3) is 0.824. The standard InChI is InChI=1S/C17H31N3S/c1-5-14(3)18-11-16-15(4)19-17(21-16)8-10-20-9-6-7-13(2)12-20/h13-14,18H,5-12H2,1-4H3. The highest BCUT2D eigenvalue weighted by Crippen LogP contribution is 2.20. The first-order valence-corrected chi connectivity index (χ1v) is 9.31. The summed E-state index contributed by atoms with van der Waals surface area (Å²) in [6.45, 7) is 13.7. The Morgan fingerprint density at radius 3 is 3.00 bits per heavy atom. The highest BCUT2D eigenvalue weighted by Gasteiger charge is 2.16. The summed E-state index contributed by atoms with van der Waals surface area (Å²) in [4.78, 5) is 8.80. The van der Waals surface area contributed by atoms with Crippen molar-refractivity contribution in [2.45, 2.75) is 66.0 Å². The van der Waals surface area contributed by atoms with Gasteiger partial charge in [0.25, 0.3) is 0 Å². The minimum Gasteiger partial charge on any atom is -0.309 e. The van der Waals surface area contributed by atoms with E-state index >= 15 is 0 Å². The summed E-state index contributed by atoms with van der Waals surface area (Å²) in [5.74, 6) is 0.868. The van der Waals surface area contributed by atoms with Gasteiger partial charge < -0.3 is 10.2 Å². The van der Waals surface area contributed by atoms with E-state index in [4.69, 9.17) is 4.98 Å². The number of thiazole rings is 1. The lowest BCUT2D eigenvalue weighted by Crippen LogP contribution is -2.35. The maximum Gasteiger partial charge on any atom is 0.0944 e. The summed E-state index contributed by atoms with van der Waals surface area (Å²) < 4.78 is 0. The number of nitrogens with one attached hydrogen (secondary N) is 1. The maximum atomic E-state index is 4.77. The zero-order valence-electron chi connectivity index (χ0n) is 14.1. The van der Waals surface area contributed by atoms with Gasteiger partial charge in [-0.25, -0.2) is 4.98 Å². The van der Waals surface area contributed by atoms with Crippen molar-refractivity contribution in [3.8, 4) is 0 Å². The van der Waals surface area contributed by atoms with Gasteiger partial charge in [-0.1, -0.05) is 13.8 Å². The van der Waals surface area contributed by atoms with Crippen LogP contribution < -0.4 is 5.32 Å². The van der Waals surface area contributed by atoms with Crippen molar-refractivity contribution in [3.05, 3.63) is 15.6 Å². The molecule has 120 valence electrons. The molecule has 1 aliphatic rings. The summed E-state index contributed by atoms with van der Waals surface area (Å²) in [6.07, 6.45) is 5.06. The molecule has 4 heteroatoms. The molecule has 1 aromatic rings.